The van der Waals surface area contributed by atoms with Crippen LogP contribution in [-0.2, 0) is 17.7 Å². The Morgan fingerprint density at radius 1 is 0.780 bits per heavy atom. The third kappa shape index (κ3) is 7.00. The molecule has 0 aromatic carbocycles. The second kappa shape index (κ2) is 11.1. The van der Waals surface area contributed by atoms with Crippen molar-refractivity contribution in [2.75, 3.05) is 0 Å². The predicted molar refractivity (Wildman–Crippen MR) is 185 cm³/mol. The summed E-state index contributed by atoms with van der Waals surface area (Å²) in [4.78, 5) is 0. The van der Waals surface area contributed by atoms with Crippen LogP contribution in [0.3, 0.4) is 0 Å². The zero-order valence-electron chi connectivity index (χ0n) is 29.6. The van der Waals surface area contributed by atoms with Gasteiger partial charge in [0.1, 0.15) is 0 Å². The second-order valence-corrected chi connectivity index (χ2v) is 36.5. The lowest BCUT2D eigenvalue weighted by Crippen LogP contribution is -2.66. The summed E-state index contributed by atoms with van der Waals surface area (Å²) in [7, 11) is -6.96. The molecule has 4 rings (SSSR count). The van der Waals surface area contributed by atoms with E-state index in [1.807, 2.05) is 0 Å². The molecular weight excluding hydrogens is 573 g/mol. The van der Waals surface area contributed by atoms with E-state index < -0.39 is 33.3 Å². The summed E-state index contributed by atoms with van der Waals surface area (Å²) in [5.74, 6) is 1.86. The average molecular weight is 639 g/mol. The van der Waals surface area contributed by atoms with E-state index in [9.17, 15) is 0 Å². The van der Waals surface area contributed by atoms with Crippen LogP contribution in [0.25, 0.3) is 0 Å². The van der Waals surface area contributed by atoms with Gasteiger partial charge in [-0.15, -0.1) is 0 Å². The van der Waals surface area contributed by atoms with E-state index >= 15 is 0 Å². The molecule has 0 heterocycles. The highest BCUT2D eigenvalue weighted by Gasteiger charge is 2.69. The highest BCUT2D eigenvalue weighted by Crippen LogP contribution is 2.69. The topological polar surface area (TPSA) is 36.9 Å². The minimum Gasteiger partial charge on any atom is -0.414 e. The van der Waals surface area contributed by atoms with E-state index in [1.54, 1.807) is 5.57 Å². The molecule has 0 aromatic heterocycles. The first-order chi connectivity index (χ1) is 18.4. The standard InChI is InChI=1S/C33H66O4Si4/c1-24(34-38(4,5)6)33(37-41(13,14)15)21-19-28-27-17-16-25-22-26(35-39(7,8)9)18-20-31(25,2)30(27)29(23-32(28,33)3)36-40(10,11)12/h16,24,26-30H,17-23H2,1-15H3/t24-,26-,27-,28-,29-,30+,31-,32-,33-/m0/s1. The molecule has 8 heteroatoms. The van der Waals surface area contributed by atoms with Gasteiger partial charge >= 0.3 is 0 Å². The summed E-state index contributed by atoms with van der Waals surface area (Å²) >= 11 is 0. The molecule has 0 bridgehead atoms. The second-order valence-electron chi connectivity index (χ2n) is 18.7. The maximum atomic E-state index is 7.48. The van der Waals surface area contributed by atoms with Crippen LogP contribution in [0.5, 0.6) is 0 Å². The summed E-state index contributed by atoms with van der Waals surface area (Å²) in [5, 5.41) is 0. The predicted octanol–water partition coefficient (Wildman–Crippen LogP) is 9.83. The van der Waals surface area contributed by atoms with Crippen LogP contribution >= 0.6 is 0 Å². The Labute approximate surface area is 258 Å². The smallest absolute Gasteiger partial charge is 0.184 e. The van der Waals surface area contributed by atoms with E-state index in [-0.39, 0.29) is 28.6 Å². The van der Waals surface area contributed by atoms with Crippen molar-refractivity contribution in [3.05, 3.63) is 11.6 Å². The zero-order chi connectivity index (χ0) is 31.0. The third-order valence-corrected chi connectivity index (χ3v) is 14.9. The molecule has 0 spiro atoms. The molecule has 238 valence electrons. The molecule has 3 saturated carbocycles. The van der Waals surface area contributed by atoms with Crippen molar-refractivity contribution in [2.45, 2.75) is 168 Å². The van der Waals surface area contributed by atoms with E-state index in [0.29, 0.717) is 23.9 Å². The van der Waals surface area contributed by atoms with Crippen LogP contribution in [0.15, 0.2) is 11.6 Å². The molecule has 0 radical (unpaired) electrons. The van der Waals surface area contributed by atoms with Gasteiger partial charge in [-0.05, 0) is 154 Å². The summed E-state index contributed by atoms with van der Waals surface area (Å²) in [6, 6.07) is 0. The van der Waals surface area contributed by atoms with Crippen LogP contribution in [0.2, 0.25) is 78.6 Å². The van der Waals surface area contributed by atoms with Gasteiger partial charge in [-0.3, -0.25) is 0 Å². The Hall–Kier alpha value is 0.448. The molecule has 0 unspecified atom stereocenters. The number of hydrogen-bond acceptors (Lipinski definition) is 4. The molecule has 0 aromatic rings. The summed E-state index contributed by atoms with van der Waals surface area (Å²) < 4.78 is 28.5. The summed E-state index contributed by atoms with van der Waals surface area (Å²) in [6.45, 7) is 35.9. The van der Waals surface area contributed by atoms with Crippen molar-refractivity contribution in [3.63, 3.8) is 0 Å². The Balaban J connectivity index is 1.78. The van der Waals surface area contributed by atoms with Gasteiger partial charge in [0, 0.05) is 17.6 Å². The summed E-state index contributed by atoms with van der Waals surface area (Å²) in [6.07, 6.45) is 11.6. The number of allylic oxidation sites excluding steroid dienone is 1. The number of hydrogen-bond donors (Lipinski definition) is 0. The Morgan fingerprint density at radius 3 is 1.93 bits per heavy atom. The van der Waals surface area contributed by atoms with Gasteiger partial charge in [-0.1, -0.05) is 25.5 Å². The fraction of sp³-hybridized carbons (Fsp3) is 0.939. The third-order valence-electron chi connectivity index (χ3n) is 10.9. The van der Waals surface area contributed by atoms with Crippen LogP contribution in [0, 0.1) is 28.6 Å². The van der Waals surface area contributed by atoms with Crippen LogP contribution in [-0.4, -0.2) is 57.2 Å². The lowest BCUT2D eigenvalue weighted by Gasteiger charge is -2.64. The van der Waals surface area contributed by atoms with Crippen LogP contribution < -0.4 is 0 Å². The lowest BCUT2D eigenvalue weighted by atomic mass is 9.46. The molecule has 0 aliphatic heterocycles. The van der Waals surface area contributed by atoms with Crippen molar-refractivity contribution in [1.82, 2.24) is 0 Å². The van der Waals surface area contributed by atoms with Gasteiger partial charge in [0.25, 0.3) is 0 Å². The van der Waals surface area contributed by atoms with E-state index in [1.165, 1.54) is 25.7 Å². The molecule has 0 saturated heterocycles. The first kappa shape index (κ1) is 34.3. The minimum absolute atomic E-state index is 0.0394. The molecule has 9 atom stereocenters. The van der Waals surface area contributed by atoms with Crippen LogP contribution in [0.1, 0.15) is 65.7 Å². The SMILES string of the molecule is C[C@H](O[Si](C)(C)C)[C@@]1(O[Si](C)(C)C)CC[C@H]2[C@@H]3CC=C4C[C@@H](O[Si](C)(C)C)CC[C@]4(C)[C@H]3[C@@H](O[Si](C)(C)C)C[C@@]21C. The van der Waals surface area contributed by atoms with Gasteiger partial charge in [0.15, 0.2) is 33.3 Å². The highest BCUT2D eigenvalue weighted by molar-refractivity contribution is 6.71. The van der Waals surface area contributed by atoms with Crippen molar-refractivity contribution < 1.29 is 17.7 Å². The molecule has 4 nitrogen and oxygen atoms in total. The van der Waals surface area contributed by atoms with Crippen molar-refractivity contribution >= 4 is 33.3 Å². The van der Waals surface area contributed by atoms with Crippen molar-refractivity contribution in [3.8, 4) is 0 Å². The molecular formula is C33H66O4Si4. The molecule has 0 N–H and O–H groups in total. The molecule has 4 aliphatic carbocycles. The quantitative estimate of drug-likeness (QED) is 0.186. The van der Waals surface area contributed by atoms with Crippen molar-refractivity contribution in [1.29, 1.82) is 0 Å². The van der Waals surface area contributed by atoms with Gasteiger partial charge < -0.3 is 17.7 Å². The van der Waals surface area contributed by atoms with Crippen LogP contribution in [0.4, 0.5) is 0 Å². The van der Waals surface area contributed by atoms with Gasteiger partial charge in [-0.25, -0.2) is 0 Å². The van der Waals surface area contributed by atoms with Gasteiger partial charge in [0.2, 0.25) is 0 Å². The number of fused-ring (bicyclic) bond motifs is 5. The minimum atomic E-state index is -1.86. The average Bonchev–Trinajstić information content (AvgIpc) is 3.02. The normalized spacial score (nSPS) is 40.9. The highest BCUT2D eigenvalue weighted by atomic mass is 28.4. The molecule has 3 fully saturated rings. The first-order valence-corrected chi connectivity index (χ1v) is 30.5. The number of rotatable bonds is 9. The molecule has 4 aliphatic rings. The zero-order valence-corrected chi connectivity index (χ0v) is 33.6. The summed E-state index contributed by atoms with van der Waals surface area (Å²) in [5.41, 5.74) is 1.68. The Morgan fingerprint density at radius 2 is 1.39 bits per heavy atom. The molecule has 41 heavy (non-hydrogen) atoms. The Kier molecular flexibility index (Phi) is 9.26. The monoisotopic (exact) mass is 638 g/mol. The molecule has 0 amide bonds. The van der Waals surface area contributed by atoms with E-state index in [4.69, 9.17) is 17.7 Å². The lowest BCUT2D eigenvalue weighted by molar-refractivity contribution is -0.183. The van der Waals surface area contributed by atoms with Gasteiger partial charge in [-0.2, -0.15) is 0 Å². The van der Waals surface area contributed by atoms with Gasteiger partial charge in [0.05, 0.1) is 11.7 Å². The fourth-order valence-corrected chi connectivity index (χ4v) is 15.2. The van der Waals surface area contributed by atoms with E-state index in [0.717, 1.165) is 19.3 Å². The largest absolute Gasteiger partial charge is 0.414 e. The first-order valence-electron chi connectivity index (χ1n) is 16.8. The Bertz CT molecular complexity index is 989. The maximum Gasteiger partial charge on any atom is 0.184 e. The van der Waals surface area contributed by atoms with Crippen molar-refractivity contribution in [2.24, 2.45) is 28.6 Å². The fourth-order valence-electron chi connectivity index (χ4n) is 10.0. The maximum absolute atomic E-state index is 7.48. The van der Waals surface area contributed by atoms with E-state index in [2.05, 4.69) is 105 Å².